The van der Waals surface area contributed by atoms with E-state index in [1.54, 1.807) is 13.2 Å². The van der Waals surface area contributed by atoms with Gasteiger partial charge in [0.05, 0.1) is 18.8 Å². The molecule has 1 amide bonds. The van der Waals surface area contributed by atoms with Gasteiger partial charge in [0.25, 0.3) is 0 Å². The number of ether oxygens (including phenoxy) is 1. The minimum atomic E-state index is -0.0611. The Labute approximate surface area is 137 Å². The van der Waals surface area contributed by atoms with Crippen LogP contribution in [0.4, 0.5) is 5.88 Å². The molecule has 7 heteroatoms. The maximum Gasteiger partial charge on any atom is 0.240 e. The summed E-state index contributed by atoms with van der Waals surface area (Å²) in [5, 5.41) is 6.73. The highest BCUT2D eigenvalue weighted by atomic mass is 16.5. The molecule has 1 atom stereocenters. The van der Waals surface area contributed by atoms with Crippen molar-refractivity contribution in [3.05, 3.63) is 11.8 Å². The van der Waals surface area contributed by atoms with E-state index in [9.17, 15) is 4.79 Å². The van der Waals surface area contributed by atoms with E-state index in [1.807, 2.05) is 13.8 Å². The van der Waals surface area contributed by atoms with Gasteiger partial charge in [0, 0.05) is 45.4 Å². The standard InChI is InChI=1S/C16H28N4O3/c1-12(2)14-9-16(23-18-14)17-15(21)11-19-5-6-20(7-8-22-4)13(3)10-19/h9,12-13H,5-8,10-11H2,1-4H3,(H,17,21). The average molecular weight is 324 g/mol. The van der Waals surface area contributed by atoms with Crippen molar-refractivity contribution in [1.29, 1.82) is 0 Å². The van der Waals surface area contributed by atoms with Crippen LogP contribution in [-0.2, 0) is 9.53 Å². The number of rotatable bonds is 7. The number of carbonyl (C=O) groups excluding carboxylic acids is 1. The Morgan fingerprint density at radius 2 is 2.30 bits per heavy atom. The molecule has 130 valence electrons. The summed E-state index contributed by atoms with van der Waals surface area (Å²) in [6.45, 7) is 11.0. The van der Waals surface area contributed by atoms with Crippen molar-refractivity contribution in [3.8, 4) is 0 Å². The van der Waals surface area contributed by atoms with Gasteiger partial charge in [-0.1, -0.05) is 19.0 Å². The van der Waals surface area contributed by atoms with Crippen molar-refractivity contribution in [2.45, 2.75) is 32.7 Å². The molecule has 0 radical (unpaired) electrons. The maximum atomic E-state index is 12.1. The number of anilines is 1. The molecule has 1 aromatic rings. The first-order valence-electron chi connectivity index (χ1n) is 8.21. The van der Waals surface area contributed by atoms with Crippen LogP contribution in [0.2, 0.25) is 0 Å². The summed E-state index contributed by atoms with van der Waals surface area (Å²) >= 11 is 0. The van der Waals surface area contributed by atoms with Crippen LogP contribution in [-0.4, -0.2) is 73.3 Å². The Bertz CT molecular complexity index is 503. The van der Waals surface area contributed by atoms with E-state index < -0.39 is 0 Å². The van der Waals surface area contributed by atoms with Gasteiger partial charge in [-0.25, -0.2) is 0 Å². The lowest BCUT2D eigenvalue weighted by Gasteiger charge is -2.39. The minimum absolute atomic E-state index is 0.0611. The normalized spacial score (nSPS) is 20.1. The number of hydrogen-bond donors (Lipinski definition) is 1. The van der Waals surface area contributed by atoms with Crippen molar-refractivity contribution in [2.75, 3.05) is 51.8 Å². The first-order valence-corrected chi connectivity index (χ1v) is 8.21. The molecule has 2 heterocycles. The fraction of sp³-hybridized carbons (Fsp3) is 0.750. The largest absolute Gasteiger partial charge is 0.383 e. The molecule has 0 bridgehead atoms. The third kappa shape index (κ3) is 5.30. The quantitative estimate of drug-likeness (QED) is 0.817. The molecule has 7 nitrogen and oxygen atoms in total. The molecular weight excluding hydrogens is 296 g/mol. The van der Waals surface area contributed by atoms with Gasteiger partial charge in [-0.2, -0.15) is 0 Å². The zero-order valence-electron chi connectivity index (χ0n) is 14.5. The first-order chi connectivity index (χ1) is 11.0. The van der Waals surface area contributed by atoms with Gasteiger partial charge in [0.15, 0.2) is 0 Å². The van der Waals surface area contributed by atoms with Crippen molar-refractivity contribution >= 4 is 11.8 Å². The number of aromatic nitrogens is 1. The topological polar surface area (TPSA) is 70.8 Å². The predicted octanol–water partition coefficient (Wildman–Crippen LogP) is 1.39. The molecule has 23 heavy (non-hydrogen) atoms. The molecule has 0 saturated carbocycles. The van der Waals surface area contributed by atoms with Crippen LogP contribution < -0.4 is 5.32 Å². The zero-order chi connectivity index (χ0) is 16.8. The Kier molecular flexibility index (Phi) is 6.56. The molecular formula is C16H28N4O3. The second kappa shape index (κ2) is 8.42. The van der Waals surface area contributed by atoms with E-state index >= 15 is 0 Å². The summed E-state index contributed by atoms with van der Waals surface area (Å²) in [5.74, 6) is 0.643. The number of nitrogens with one attached hydrogen (secondary N) is 1. The summed E-state index contributed by atoms with van der Waals surface area (Å²) in [6, 6.07) is 2.21. The Morgan fingerprint density at radius 1 is 1.52 bits per heavy atom. The fourth-order valence-corrected chi connectivity index (χ4v) is 2.75. The summed E-state index contributed by atoms with van der Waals surface area (Å²) < 4.78 is 10.3. The number of carbonyl (C=O) groups is 1. The van der Waals surface area contributed by atoms with Gasteiger partial charge >= 0.3 is 0 Å². The van der Waals surface area contributed by atoms with Crippen molar-refractivity contribution in [2.24, 2.45) is 0 Å². The SMILES string of the molecule is COCCN1CCN(CC(=O)Nc2cc(C(C)C)no2)CC1C. The van der Waals surface area contributed by atoms with E-state index in [2.05, 4.69) is 27.2 Å². The molecule has 1 aliphatic heterocycles. The first kappa shape index (κ1) is 17.9. The molecule has 2 rings (SSSR count). The van der Waals surface area contributed by atoms with E-state index in [4.69, 9.17) is 9.26 Å². The van der Waals surface area contributed by atoms with E-state index in [0.717, 1.165) is 38.5 Å². The zero-order valence-corrected chi connectivity index (χ0v) is 14.5. The molecule has 0 aromatic carbocycles. The number of nitrogens with zero attached hydrogens (tertiary/aromatic N) is 3. The summed E-state index contributed by atoms with van der Waals surface area (Å²) in [7, 11) is 1.72. The molecule has 1 aromatic heterocycles. The number of hydrogen-bond acceptors (Lipinski definition) is 6. The molecule has 1 fully saturated rings. The summed E-state index contributed by atoms with van der Waals surface area (Å²) in [4.78, 5) is 16.7. The second-order valence-corrected chi connectivity index (χ2v) is 6.43. The number of piperazine rings is 1. The lowest BCUT2D eigenvalue weighted by Crippen LogP contribution is -2.54. The van der Waals surface area contributed by atoms with Crippen LogP contribution in [0.15, 0.2) is 10.6 Å². The van der Waals surface area contributed by atoms with Crippen LogP contribution >= 0.6 is 0 Å². The molecule has 1 N–H and O–H groups in total. The van der Waals surface area contributed by atoms with E-state index in [-0.39, 0.29) is 11.8 Å². The van der Waals surface area contributed by atoms with Gasteiger partial charge in [-0.05, 0) is 12.8 Å². The van der Waals surface area contributed by atoms with Crippen molar-refractivity contribution in [3.63, 3.8) is 0 Å². The van der Waals surface area contributed by atoms with Crippen molar-refractivity contribution in [1.82, 2.24) is 15.0 Å². The third-order valence-corrected chi connectivity index (χ3v) is 4.18. The molecule has 1 aliphatic rings. The summed E-state index contributed by atoms with van der Waals surface area (Å²) in [5.41, 5.74) is 0.848. The monoisotopic (exact) mass is 324 g/mol. The number of amides is 1. The Morgan fingerprint density at radius 3 is 2.91 bits per heavy atom. The number of methoxy groups -OCH3 is 1. The molecule has 1 unspecified atom stereocenters. The van der Waals surface area contributed by atoms with Crippen LogP contribution in [0.1, 0.15) is 32.4 Å². The minimum Gasteiger partial charge on any atom is -0.383 e. The Hall–Kier alpha value is -1.44. The highest BCUT2D eigenvalue weighted by Crippen LogP contribution is 2.17. The van der Waals surface area contributed by atoms with Crippen LogP contribution in [0, 0.1) is 0 Å². The lowest BCUT2D eigenvalue weighted by atomic mass is 10.1. The Balaban J connectivity index is 1.77. The van der Waals surface area contributed by atoms with Gasteiger partial charge in [0.2, 0.25) is 11.8 Å². The molecule has 0 spiro atoms. The average Bonchev–Trinajstić information content (AvgIpc) is 2.95. The van der Waals surface area contributed by atoms with Crippen LogP contribution in [0.3, 0.4) is 0 Å². The molecule has 0 aliphatic carbocycles. The van der Waals surface area contributed by atoms with E-state index in [1.165, 1.54) is 0 Å². The van der Waals surface area contributed by atoms with Crippen LogP contribution in [0.25, 0.3) is 0 Å². The van der Waals surface area contributed by atoms with Crippen molar-refractivity contribution < 1.29 is 14.1 Å². The van der Waals surface area contributed by atoms with Gasteiger partial charge < -0.3 is 9.26 Å². The highest BCUT2D eigenvalue weighted by molar-refractivity contribution is 5.91. The van der Waals surface area contributed by atoms with Gasteiger partial charge in [0.1, 0.15) is 0 Å². The smallest absolute Gasteiger partial charge is 0.240 e. The van der Waals surface area contributed by atoms with E-state index in [0.29, 0.717) is 18.5 Å². The van der Waals surface area contributed by atoms with Gasteiger partial charge in [-0.3, -0.25) is 19.9 Å². The third-order valence-electron chi connectivity index (χ3n) is 4.18. The lowest BCUT2D eigenvalue weighted by molar-refractivity contribution is -0.118. The highest BCUT2D eigenvalue weighted by Gasteiger charge is 2.24. The summed E-state index contributed by atoms with van der Waals surface area (Å²) in [6.07, 6.45) is 0. The fourth-order valence-electron chi connectivity index (χ4n) is 2.75. The second-order valence-electron chi connectivity index (χ2n) is 6.43. The van der Waals surface area contributed by atoms with Gasteiger partial charge in [-0.15, -0.1) is 0 Å². The predicted molar refractivity (Wildman–Crippen MR) is 88.6 cm³/mol. The maximum absolute atomic E-state index is 12.1. The molecule has 1 saturated heterocycles. The van der Waals surface area contributed by atoms with Crippen LogP contribution in [0.5, 0.6) is 0 Å².